The van der Waals surface area contributed by atoms with Crippen molar-refractivity contribution in [3.05, 3.63) is 33.8 Å². The average Bonchev–Trinajstić information content (AvgIpc) is 2.21. The van der Waals surface area contributed by atoms with Crippen molar-refractivity contribution in [2.24, 2.45) is 0 Å². The fourth-order valence-corrected chi connectivity index (χ4v) is 1.83. The Bertz CT molecular complexity index is 379. The maximum absolute atomic E-state index is 12.9. The van der Waals surface area contributed by atoms with E-state index in [2.05, 4.69) is 5.32 Å². The SMILES string of the molecule is CCCNC(c1cc(Cl)ccc1Cl)C(F)(F)F. The van der Waals surface area contributed by atoms with E-state index < -0.39 is 12.2 Å². The Morgan fingerprint density at radius 2 is 1.94 bits per heavy atom. The van der Waals surface area contributed by atoms with Crippen LogP contribution in [0.15, 0.2) is 18.2 Å². The van der Waals surface area contributed by atoms with Crippen LogP contribution in [0.3, 0.4) is 0 Å². The highest BCUT2D eigenvalue weighted by molar-refractivity contribution is 6.33. The van der Waals surface area contributed by atoms with E-state index >= 15 is 0 Å². The van der Waals surface area contributed by atoms with Crippen molar-refractivity contribution in [1.29, 1.82) is 0 Å². The molecule has 0 aromatic heterocycles. The van der Waals surface area contributed by atoms with Crippen molar-refractivity contribution in [3.8, 4) is 0 Å². The minimum absolute atomic E-state index is 0.0416. The van der Waals surface area contributed by atoms with Gasteiger partial charge < -0.3 is 5.32 Å². The summed E-state index contributed by atoms with van der Waals surface area (Å²) in [7, 11) is 0. The van der Waals surface area contributed by atoms with Gasteiger partial charge >= 0.3 is 6.18 Å². The van der Waals surface area contributed by atoms with Gasteiger partial charge in [0.1, 0.15) is 6.04 Å². The largest absolute Gasteiger partial charge is 0.407 e. The van der Waals surface area contributed by atoms with Gasteiger partial charge in [-0.1, -0.05) is 30.1 Å². The smallest absolute Gasteiger partial charge is 0.302 e. The number of hydrogen-bond donors (Lipinski definition) is 1. The van der Waals surface area contributed by atoms with Crippen molar-refractivity contribution >= 4 is 23.2 Å². The van der Waals surface area contributed by atoms with Gasteiger partial charge in [-0.15, -0.1) is 0 Å². The zero-order chi connectivity index (χ0) is 13.1. The van der Waals surface area contributed by atoms with Crippen molar-refractivity contribution in [1.82, 2.24) is 5.32 Å². The zero-order valence-electron chi connectivity index (χ0n) is 9.11. The van der Waals surface area contributed by atoms with Crippen LogP contribution in [0.25, 0.3) is 0 Å². The Morgan fingerprint density at radius 3 is 2.47 bits per heavy atom. The van der Waals surface area contributed by atoms with Crippen molar-refractivity contribution in [2.75, 3.05) is 6.54 Å². The van der Waals surface area contributed by atoms with E-state index in [1.807, 2.05) is 0 Å². The van der Waals surface area contributed by atoms with Gasteiger partial charge in [-0.05, 0) is 36.7 Å². The number of halogens is 5. The lowest BCUT2D eigenvalue weighted by Gasteiger charge is -2.23. The second-order valence-electron chi connectivity index (χ2n) is 3.59. The van der Waals surface area contributed by atoms with Crippen LogP contribution in [0.5, 0.6) is 0 Å². The van der Waals surface area contributed by atoms with Gasteiger partial charge in [0.2, 0.25) is 0 Å². The first kappa shape index (κ1) is 14.6. The Morgan fingerprint density at radius 1 is 1.29 bits per heavy atom. The molecular weight excluding hydrogens is 274 g/mol. The van der Waals surface area contributed by atoms with Crippen LogP contribution >= 0.6 is 23.2 Å². The molecule has 0 aliphatic heterocycles. The molecule has 1 aromatic rings. The molecule has 1 N–H and O–H groups in total. The molecule has 0 aliphatic carbocycles. The molecule has 6 heteroatoms. The molecule has 1 unspecified atom stereocenters. The summed E-state index contributed by atoms with van der Waals surface area (Å²) in [6.07, 6.45) is -3.80. The summed E-state index contributed by atoms with van der Waals surface area (Å²) in [5.74, 6) is 0. The van der Waals surface area contributed by atoms with Gasteiger partial charge in [-0.2, -0.15) is 13.2 Å². The Labute approximate surface area is 108 Å². The second kappa shape index (κ2) is 5.94. The van der Waals surface area contributed by atoms with Crippen molar-refractivity contribution in [2.45, 2.75) is 25.6 Å². The van der Waals surface area contributed by atoms with Gasteiger partial charge in [0, 0.05) is 10.0 Å². The van der Waals surface area contributed by atoms with E-state index in [0.29, 0.717) is 6.42 Å². The minimum atomic E-state index is -4.40. The lowest BCUT2D eigenvalue weighted by Crippen LogP contribution is -2.34. The highest BCUT2D eigenvalue weighted by atomic mass is 35.5. The molecule has 0 heterocycles. The second-order valence-corrected chi connectivity index (χ2v) is 4.44. The monoisotopic (exact) mass is 285 g/mol. The Balaban J connectivity index is 3.08. The van der Waals surface area contributed by atoms with Crippen LogP contribution in [0.1, 0.15) is 24.9 Å². The molecule has 0 radical (unpaired) electrons. The molecule has 1 rings (SSSR count). The third-order valence-electron chi connectivity index (χ3n) is 2.19. The summed E-state index contributed by atoms with van der Waals surface area (Å²) >= 11 is 11.5. The molecule has 0 bridgehead atoms. The Hall–Kier alpha value is -0.450. The van der Waals surface area contributed by atoms with E-state index in [-0.39, 0.29) is 22.2 Å². The third kappa shape index (κ3) is 4.05. The summed E-state index contributed by atoms with van der Waals surface area (Å²) in [5.41, 5.74) is -0.0416. The van der Waals surface area contributed by atoms with Gasteiger partial charge in [-0.25, -0.2) is 0 Å². The number of nitrogens with one attached hydrogen (secondary N) is 1. The fraction of sp³-hybridized carbons (Fsp3) is 0.455. The molecule has 17 heavy (non-hydrogen) atoms. The summed E-state index contributed by atoms with van der Waals surface area (Å²) in [5, 5.41) is 2.71. The Kier molecular flexibility index (Phi) is 5.10. The molecule has 1 atom stereocenters. The lowest BCUT2D eigenvalue weighted by atomic mass is 10.1. The van der Waals surface area contributed by atoms with E-state index in [4.69, 9.17) is 23.2 Å². The van der Waals surface area contributed by atoms with Gasteiger partial charge in [0.15, 0.2) is 0 Å². The van der Waals surface area contributed by atoms with Gasteiger partial charge in [0.25, 0.3) is 0 Å². The number of rotatable bonds is 4. The van der Waals surface area contributed by atoms with Crippen LogP contribution in [-0.2, 0) is 0 Å². The molecule has 0 saturated heterocycles. The standard InChI is InChI=1S/C11H12Cl2F3N/c1-2-5-17-10(11(14,15)16)8-6-7(12)3-4-9(8)13/h3-4,6,10,17H,2,5H2,1H3. The van der Waals surface area contributed by atoms with Gasteiger partial charge in [0.05, 0.1) is 0 Å². The summed E-state index contributed by atoms with van der Waals surface area (Å²) in [4.78, 5) is 0. The zero-order valence-corrected chi connectivity index (χ0v) is 10.6. The molecule has 1 nitrogen and oxygen atoms in total. The molecule has 0 amide bonds. The molecule has 0 fully saturated rings. The van der Waals surface area contributed by atoms with Crippen molar-refractivity contribution < 1.29 is 13.2 Å². The van der Waals surface area contributed by atoms with E-state index in [1.165, 1.54) is 18.2 Å². The predicted octanol–water partition coefficient (Wildman–Crippen LogP) is 4.60. The van der Waals surface area contributed by atoms with Crippen LogP contribution < -0.4 is 5.32 Å². The normalized spacial score (nSPS) is 13.8. The molecule has 0 spiro atoms. The quantitative estimate of drug-likeness (QED) is 0.853. The van der Waals surface area contributed by atoms with Crippen LogP contribution in [0, 0.1) is 0 Å². The summed E-state index contributed by atoms with van der Waals surface area (Å²) < 4.78 is 38.6. The predicted molar refractivity (Wildman–Crippen MR) is 63.6 cm³/mol. The lowest BCUT2D eigenvalue weighted by molar-refractivity contribution is -0.157. The molecule has 0 aliphatic rings. The van der Waals surface area contributed by atoms with E-state index in [0.717, 1.165) is 0 Å². The maximum Gasteiger partial charge on any atom is 0.407 e. The van der Waals surface area contributed by atoms with E-state index in [1.54, 1.807) is 6.92 Å². The van der Waals surface area contributed by atoms with Crippen LogP contribution in [0.2, 0.25) is 10.0 Å². The van der Waals surface area contributed by atoms with Crippen molar-refractivity contribution in [3.63, 3.8) is 0 Å². The summed E-state index contributed by atoms with van der Waals surface area (Å²) in [6, 6.07) is 2.28. The number of alkyl halides is 3. The topological polar surface area (TPSA) is 12.0 Å². The molecular formula is C11H12Cl2F3N. The number of benzene rings is 1. The highest BCUT2D eigenvalue weighted by Gasteiger charge is 2.41. The first-order chi connectivity index (χ1) is 7.86. The maximum atomic E-state index is 12.9. The molecule has 96 valence electrons. The third-order valence-corrected chi connectivity index (χ3v) is 2.77. The summed E-state index contributed by atoms with van der Waals surface area (Å²) in [6.45, 7) is 2.05. The minimum Gasteiger partial charge on any atom is -0.302 e. The fourth-order valence-electron chi connectivity index (χ4n) is 1.43. The first-order valence-electron chi connectivity index (χ1n) is 5.11. The molecule has 0 saturated carbocycles. The number of hydrogen-bond acceptors (Lipinski definition) is 1. The van der Waals surface area contributed by atoms with E-state index in [9.17, 15) is 13.2 Å². The van der Waals surface area contributed by atoms with Gasteiger partial charge in [-0.3, -0.25) is 0 Å². The molecule has 1 aromatic carbocycles. The average molecular weight is 286 g/mol. The van der Waals surface area contributed by atoms with Crippen LogP contribution in [-0.4, -0.2) is 12.7 Å². The first-order valence-corrected chi connectivity index (χ1v) is 5.87. The highest BCUT2D eigenvalue weighted by Crippen LogP contribution is 2.37. The van der Waals surface area contributed by atoms with Crippen LogP contribution in [0.4, 0.5) is 13.2 Å².